The molecule has 0 fully saturated rings. The number of rotatable bonds is 1. The number of hydrogen-bond acceptors (Lipinski definition) is 2. The maximum absolute atomic E-state index is 5.49. The second kappa shape index (κ2) is 4.31. The summed E-state index contributed by atoms with van der Waals surface area (Å²) in [6, 6.07) is 6.49. The first-order chi connectivity index (χ1) is 5.81. The van der Waals surface area contributed by atoms with Gasteiger partial charge in [-0.3, -0.25) is 0 Å². The Balaban J connectivity index is 0.000000845. The summed E-state index contributed by atoms with van der Waals surface area (Å²) in [6.07, 6.45) is 0. The van der Waals surface area contributed by atoms with E-state index in [4.69, 9.17) is 4.74 Å². The largest absolute Gasteiger partial charge is 0.491 e. The van der Waals surface area contributed by atoms with E-state index < -0.39 is 0 Å². The zero-order chi connectivity index (χ0) is 8.55. The number of ether oxygens (including phenoxy) is 1. The molecule has 1 heterocycles. The van der Waals surface area contributed by atoms with Crippen molar-refractivity contribution in [3.63, 3.8) is 0 Å². The summed E-state index contributed by atoms with van der Waals surface area (Å²) in [7, 11) is 1.95. The highest BCUT2D eigenvalue weighted by Gasteiger charge is 2.21. The third-order valence-corrected chi connectivity index (χ3v) is 2.60. The highest BCUT2D eigenvalue weighted by Crippen LogP contribution is 2.33. The molecule has 1 aliphatic heterocycles. The molecule has 0 unspecified atom stereocenters. The summed E-state index contributed by atoms with van der Waals surface area (Å²) in [5, 5.41) is 3.20. The molecule has 0 aliphatic carbocycles. The monoisotopic (exact) mass is 263 g/mol. The highest BCUT2D eigenvalue weighted by molar-refractivity contribution is 9.10. The minimum atomic E-state index is 0. The van der Waals surface area contributed by atoms with Crippen molar-refractivity contribution >= 4 is 28.3 Å². The number of likely N-dealkylation sites (N-methyl/N-ethyl adjacent to an activating group) is 1. The summed E-state index contributed by atoms with van der Waals surface area (Å²) in [5.74, 6) is 0.990. The van der Waals surface area contributed by atoms with Crippen molar-refractivity contribution in [3.05, 3.63) is 28.2 Å². The summed E-state index contributed by atoms with van der Waals surface area (Å²) in [5.41, 5.74) is 1.25. The van der Waals surface area contributed by atoms with Gasteiger partial charge in [-0.15, -0.1) is 12.4 Å². The molecule has 1 aromatic carbocycles. The zero-order valence-electron chi connectivity index (χ0n) is 7.21. The van der Waals surface area contributed by atoms with Crippen LogP contribution in [0.25, 0.3) is 0 Å². The van der Waals surface area contributed by atoms with Crippen LogP contribution in [0.4, 0.5) is 0 Å². The van der Waals surface area contributed by atoms with E-state index in [1.54, 1.807) is 0 Å². The van der Waals surface area contributed by atoms with E-state index in [2.05, 4.69) is 27.3 Å². The molecule has 4 heteroatoms. The van der Waals surface area contributed by atoms with Crippen LogP contribution < -0.4 is 10.1 Å². The molecular formula is C9H11BrClNO. The molecule has 2 nitrogen and oxygen atoms in total. The molecular weight excluding hydrogens is 253 g/mol. The molecule has 0 spiro atoms. The fourth-order valence-electron chi connectivity index (χ4n) is 1.42. The standard InChI is InChI=1S/C9H10BrNO.ClH/c1-11-8-5-12-9-4-6(10)2-3-7(8)9;/h2-4,8,11H,5H2,1H3;1H/t8-;/m1./s1. The minimum absolute atomic E-state index is 0. The number of fused-ring (bicyclic) bond motifs is 1. The highest BCUT2D eigenvalue weighted by atomic mass is 79.9. The molecule has 1 aromatic rings. The van der Waals surface area contributed by atoms with Crippen LogP contribution in [0.2, 0.25) is 0 Å². The van der Waals surface area contributed by atoms with Crippen LogP contribution in [-0.4, -0.2) is 13.7 Å². The van der Waals surface area contributed by atoms with E-state index in [0.717, 1.165) is 16.8 Å². The van der Waals surface area contributed by atoms with Gasteiger partial charge in [0.2, 0.25) is 0 Å². The fraction of sp³-hybridized carbons (Fsp3) is 0.333. The Labute approximate surface area is 92.2 Å². The van der Waals surface area contributed by atoms with Crippen LogP contribution in [0, 0.1) is 0 Å². The predicted molar refractivity (Wildman–Crippen MR) is 58.7 cm³/mol. The van der Waals surface area contributed by atoms with E-state index in [1.165, 1.54) is 5.56 Å². The fourth-order valence-corrected chi connectivity index (χ4v) is 1.76. The van der Waals surface area contributed by atoms with Gasteiger partial charge in [-0.05, 0) is 19.2 Å². The van der Waals surface area contributed by atoms with E-state index in [-0.39, 0.29) is 12.4 Å². The summed E-state index contributed by atoms with van der Waals surface area (Å²) in [6.45, 7) is 0.738. The van der Waals surface area contributed by atoms with Crippen LogP contribution in [0.3, 0.4) is 0 Å². The molecule has 0 saturated carbocycles. The predicted octanol–water partition coefficient (Wildman–Crippen LogP) is 2.52. The number of hydrogen-bond donors (Lipinski definition) is 1. The molecule has 1 N–H and O–H groups in total. The van der Waals surface area contributed by atoms with Gasteiger partial charge in [0.15, 0.2) is 0 Å². The van der Waals surface area contributed by atoms with Gasteiger partial charge in [-0.25, -0.2) is 0 Å². The van der Waals surface area contributed by atoms with Crippen molar-refractivity contribution in [2.75, 3.05) is 13.7 Å². The van der Waals surface area contributed by atoms with Crippen LogP contribution >= 0.6 is 28.3 Å². The van der Waals surface area contributed by atoms with Crippen molar-refractivity contribution < 1.29 is 4.74 Å². The Morgan fingerprint density at radius 1 is 1.54 bits per heavy atom. The molecule has 1 atom stereocenters. The summed E-state index contributed by atoms with van der Waals surface area (Å²) in [4.78, 5) is 0. The topological polar surface area (TPSA) is 21.3 Å². The lowest BCUT2D eigenvalue weighted by atomic mass is 10.1. The van der Waals surface area contributed by atoms with Gasteiger partial charge >= 0.3 is 0 Å². The summed E-state index contributed by atoms with van der Waals surface area (Å²) < 4.78 is 6.56. The zero-order valence-corrected chi connectivity index (χ0v) is 9.61. The van der Waals surface area contributed by atoms with Crippen LogP contribution in [-0.2, 0) is 0 Å². The van der Waals surface area contributed by atoms with Crippen molar-refractivity contribution in [2.45, 2.75) is 6.04 Å². The van der Waals surface area contributed by atoms with Gasteiger partial charge in [0, 0.05) is 10.0 Å². The third-order valence-electron chi connectivity index (χ3n) is 2.10. The molecule has 0 bridgehead atoms. The lowest BCUT2D eigenvalue weighted by molar-refractivity contribution is 0.318. The van der Waals surface area contributed by atoms with Gasteiger partial charge in [0.1, 0.15) is 12.4 Å². The first-order valence-electron chi connectivity index (χ1n) is 3.91. The molecule has 2 rings (SSSR count). The molecule has 0 amide bonds. The second-order valence-electron chi connectivity index (χ2n) is 2.83. The van der Waals surface area contributed by atoms with E-state index in [1.807, 2.05) is 19.2 Å². The summed E-state index contributed by atoms with van der Waals surface area (Å²) >= 11 is 3.41. The van der Waals surface area contributed by atoms with Gasteiger partial charge in [-0.1, -0.05) is 22.0 Å². The Morgan fingerprint density at radius 2 is 2.31 bits per heavy atom. The Bertz CT molecular complexity index is 306. The van der Waals surface area contributed by atoms with Gasteiger partial charge in [0.05, 0.1) is 6.04 Å². The third kappa shape index (κ3) is 1.98. The van der Waals surface area contributed by atoms with Crippen molar-refractivity contribution in [2.24, 2.45) is 0 Å². The maximum Gasteiger partial charge on any atom is 0.125 e. The Kier molecular flexibility index (Phi) is 3.59. The Hall–Kier alpha value is -0.250. The maximum atomic E-state index is 5.49. The van der Waals surface area contributed by atoms with Crippen molar-refractivity contribution in [1.29, 1.82) is 0 Å². The SMILES string of the molecule is CN[C@@H]1COc2cc(Br)ccc21.Cl. The number of nitrogens with one attached hydrogen (secondary N) is 1. The average molecular weight is 265 g/mol. The van der Waals surface area contributed by atoms with E-state index in [9.17, 15) is 0 Å². The van der Waals surface area contributed by atoms with Crippen molar-refractivity contribution in [1.82, 2.24) is 5.32 Å². The number of halogens is 2. The second-order valence-corrected chi connectivity index (χ2v) is 3.75. The molecule has 0 aromatic heterocycles. The molecule has 1 aliphatic rings. The quantitative estimate of drug-likeness (QED) is 0.842. The van der Waals surface area contributed by atoms with Crippen molar-refractivity contribution in [3.8, 4) is 5.75 Å². The Morgan fingerprint density at radius 3 is 3.00 bits per heavy atom. The van der Waals surface area contributed by atoms with Gasteiger partial charge in [-0.2, -0.15) is 0 Å². The van der Waals surface area contributed by atoms with Crippen LogP contribution in [0.1, 0.15) is 11.6 Å². The lowest BCUT2D eigenvalue weighted by Crippen LogP contribution is -2.16. The normalized spacial score (nSPS) is 18.8. The molecule has 13 heavy (non-hydrogen) atoms. The minimum Gasteiger partial charge on any atom is -0.491 e. The average Bonchev–Trinajstić information content (AvgIpc) is 2.46. The lowest BCUT2D eigenvalue weighted by Gasteiger charge is -2.05. The van der Waals surface area contributed by atoms with E-state index in [0.29, 0.717) is 6.04 Å². The smallest absolute Gasteiger partial charge is 0.125 e. The van der Waals surface area contributed by atoms with Gasteiger partial charge < -0.3 is 10.1 Å². The first kappa shape index (κ1) is 10.8. The number of benzene rings is 1. The van der Waals surface area contributed by atoms with Crippen LogP contribution in [0.15, 0.2) is 22.7 Å². The molecule has 0 saturated heterocycles. The van der Waals surface area contributed by atoms with E-state index >= 15 is 0 Å². The first-order valence-corrected chi connectivity index (χ1v) is 4.70. The van der Waals surface area contributed by atoms with Crippen LogP contribution in [0.5, 0.6) is 5.75 Å². The van der Waals surface area contributed by atoms with Gasteiger partial charge in [0.25, 0.3) is 0 Å². The molecule has 0 radical (unpaired) electrons. The molecule has 72 valence electrons.